The minimum Gasteiger partial charge on any atom is -0.455 e. The van der Waals surface area contributed by atoms with Crippen molar-refractivity contribution < 1.29 is 18.9 Å². The lowest BCUT2D eigenvalue weighted by atomic mass is 9.81. The molecule has 2 aliphatic rings. The quantitative estimate of drug-likeness (QED) is 0.106. The van der Waals surface area contributed by atoms with E-state index in [1.807, 2.05) is 6.07 Å². The molecule has 22 aromatic rings. The van der Waals surface area contributed by atoms with Gasteiger partial charge in [0, 0.05) is 93.2 Å². The zero-order valence-corrected chi connectivity index (χ0v) is 73.9. The fourth-order valence-electron chi connectivity index (χ4n) is 19.8. The first-order valence-electron chi connectivity index (χ1n) is 44.4. The molecule has 0 bridgehead atoms. The molecule has 8 heteroatoms. The number of anilines is 6. The van der Waals surface area contributed by atoms with E-state index in [1.165, 1.54) is 122 Å². The lowest BCUT2D eigenvalue weighted by molar-refractivity contribution is 0.426. The van der Waals surface area contributed by atoms with E-state index in [9.17, 15) is 0 Å². The topological polar surface area (TPSA) is 73.2 Å². The Hall–Kier alpha value is -15.4. The van der Waals surface area contributed by atoms with Gasteiger partial charge < -0.3 is 28.7 Å². The molecule has 2 heterocycles. The van der Waals surface area contributed by atoms with Crippen molar-refractivity contribution in [2.75, 3.05) is 9.80 Å². The highest BCUT2D eigenvalue weighted by Crippen LogP contribution is 2.58. The Morgan fingerprint density at radius 3 is 0.915 bits per heavy atom. The molecule has 24 rings (SSSR count). The van der Waals surface area contributed by atoms with Gasteiger partial charge in [0.05, 0.1) is 0 Å². The molecule has 0 atom stereocenters. The third-order valence-electron chi connectivity index (χ3n) is 26.5. The fraction of sp³-hybridized carbons (Fsp3) is 0.0492. The van der Waals surface area contributed by atoms with Gasteiger partial charge in [-0.25, -0.2) is 0 Å². The SMILES string of the molecule is CC1(C)c2ccccc2-c2c1cc(-c1ccccc1)c1c2oc2c(-c3ccc(N(c4ccc(-c5ccccc5)cc4)c4ccc(-c5ccc6ccccc6c5)cc4)cc3)cccc21.CC1(C)c2ccccc2-c2c1cc(Br)c1c2oc2c(-c3ccc(N(c4ccc(-c5ccccc5)cc4)c4ccc(-c5ccc6ccccc6c5)cc4)cc3)cccc21.OB(O)c1ccccc1. The van der Waals surface area contributed by atoms with Gasteiger partial charge in [0.25, 0.3) is 0 Å². The molecule has 2 aliphatic carbocycles. The van der Waals surface area contributed by atoms with Crippen LogP contribution in [-0.2, 0) is 10.8 Å². The van der Waals surface area contributed by atoms with E-state index < -0.39 is 7.12 Å². The molecule has 620 valence electrons. The van der Waals surface area contributed by atoms with Crippen LogP contribution in [0.1, 0.15) is 49.9 Å². The third-order valence-corrected chi connectivity index (χ3v) is 27.1. The van der Waals surface area contributed by atoms with Gasteiger partial charge in [0.2, 0.25) is 0 Å². The van der Waals surface area contributed by atoms with Crippen LogP contribution < -0.4 is 15.3 Å². The highest BCUT2D eigenvalue weighted by molar-refractivity contribution is 9.10. The Bertz CT molecular complexity index is 8010. The van der Waals surface area contributed by atoms with Gasteiger partial charge in [-0.1, -0.05) is 395 Å². The van der Waals surface area contributed by atoms with E-state index in [2.05, 4.69) is 472 Å². The maximum atomic E-state index is 8.58. The summed E-state index contributed by atoms with van der Waals surface area (Å²) in [5.41, 5.74) is 37.0. The summed E-state index contributed by atoms with van der Waals surface area (Å²) in [6.45, 7) is 9.31. The van der Waals surface area contributed by atoms with Crippen molar-refractivity contribution in [2.24, 2.45) is 0 Å². The molecule has 0 spiro atoms. The van der Waals surface area contributed by atoms with E-state index in [0.717, 1.165) is 105 Å². The molecule has 0 amide bonds. The van der Waals surface area contributed by atoms with Crippen LogP contribution in [0.25, 0.3) is 166 Å². The second-order valence-electron chi connectivity index (χ2n) is 34.9. The molecule has 0 aliphatic heterocycles. The summed E-state index contributed by atoms with van der Waals surface area (Å²) >= 11 is 3.98. The zero-order chi connectivity index (χ0) is 87.7. The Kier molecular flexibility index (Phi) is 20.7. The first kappa shape index (κ1) is 80.4. The average Bonchev–Trinajstić information content (AvgIpc) is 1.54. The van der Waals surface area contributed by atoms with Crippen molar-refractivity contribution in [3.05, 3.63) is 476 Å². The second-order valence-corrected chi connectivity index (χ2v) is 35.8. The lowest BCUT2D eigenvalue weighted by Crippen LogP contribution is -2.29. The van der Waals surface area contributed by atoms with E-state index in [-0.39, 0.29) is 10.8 Å². The molecule has 20 aromatic carbocycles. The van der Waals surface area contributed by atoms with Gasteiger partial charge in [0.15, 0.2) is 0 Å². The number of para-hydroxylation sites is 2. The zero-order valence-electron chi connectivity index (χ0n) is 72.3. The van der Waals surface area contributed by atoms with Crippen LogP contribution in [0.4, 0.5) is 34.1 Å². The van der Waals surface area contributed by atoms with Gasteiger partial charge in [0.1, 0.15) is 22.3 Å². The summed E-state index contributed by atoms with van der Waals surface area (Å²) < 4.78 is 15.3. The summed E-state index contributed by atoms with van der Waals surface area (Å²) in [4.78, 5) is 4.68. The van der Waals surface area contributed by atoms with E-state index in [4.69, 9.17) is 18.9 Å². The minimum absolute atomic E-state index is 0.120. The molecular formula is C122H88BBrN2O4. The number of nitrogens with zero attached hydrogens (tertiary/aromatic N) is 2. The first-order valence-corrected chi connectivity index (χ1v) is 45.2. The van der Waals surface area contributed by atoms with Crippen LogP contribution in [0.2, 0.25) is 0 Å². The molecule has 130 heavy (non-hydrogen) atoms. The molecule has 2 aromatic heterocycles. The van der Waals surface area contributed by atoms with Gasteiger partial charge >= 0.3 is 7.12 Å². The summed E-state index contributed by atoms with van der Waals surface area (Å²) in [7, 11) is -1.34. The van der Waals surface area contributed by atoms with Crippen molar-refractivity contribution in [2.45, 2.75) is 38.5 Å². The Morgan fingerprint density at radius 1 is 0.231 bits per heavy atom. The molecule has 0 unspecified atom stereocenters. The van der Waals surface area contributed by atoms with E-state index >= 15 is 0 Å². The molecule has 6 nitrogen and oxygen atoms in total. The average molecular weight is 1740 g/mol. The maximum absolute atomic E-state index is 8.58. The summed E-state index contributed by atoms with van der Waals surface area (Å²) in [6.07, 6.45) is 0. The lowest BCUT2D eigenvalue weighted by Gasteiger charge is -2.26. The molecular weight excluding hydrogens is 1650 g/mol. The maximum Gasteiger partial charge on any atom is 0.488 e. The number of hydrogen-bond acceptors (Lipinski definition) is 6. The van der Waals surface area contributed by atoms with Crippen LogP contribution in [0.3, 0.4) is 0 Å². The molecule has 0 fully saturated rings. The van der Waals surface area contributed by atoms with Crippen LogP contribution in [0.5, 0.6) is 0 Å². The van der Waals surface area contributed by atoms with E-state index in [1.54, 1.807) is 24.3 Å². The summed E-state index contributed by atoms with van der Waals surface area (Å²) in [6, 6.07) is 160. The van der Waals surface area contributed by atoms with Crippen molar-refractivity contribution in [3.8, 4) is 100 Å². The predicted octanol–water partition coefficient (Wildman–Crippen LogP) is 32.8. The number of rotatable bonds is 14. The second kappa shape index (κ2) is 33.4. The normalized spacial score (nSPS) is 12.5. The van der Waals surface area contributed by atoms with Crippen molar-refractivity contribution in [1.29, 1.82) is 0 Å². The van der Waals surface area contributed by atoms with Gasteiger partial charge in [-0.3, -0.25) is 0 Å². The Balaban J connectivity index is 0.000000139. The van der Waals surface area contributed by atoms with Crippen molar-refractivity contribution in [3.63, 3.8) is 0 Å². The highest BCUT2D eigenvalue weighted by Gasteiger charge is 2.41. The highest BCUT2D eigenvalue weighted by atomic mass is 79.9. The molecule has 0 saturated carbocycles. The van der Waals surface area contributed by atoms with Gasteiger partial charge in [-0.05, 0) is 224 Å². The Labute approximate surface area is 765 Å². The van der Waals surface area contributed by atoms with E-state index in [0.29, 0.717) is 5.46 Å². The van der Waals surface area contributed by atoms with Crippen LogP contribution >= 0.6 is 15.9 Å². The van der Waals surface area contributed by atoms with Crippen molar-refractivity contribution >= 4 is 128 Å². The van der Waals surface area contributed by atoms with Crippen LogP contribution in [0.15, 0.2) is 462 Å². The molecule has 2 N–H and O–H groups in total. The predicted molar refractivity (Wildman–Crippen MR) is 549 cm³/mol. The van der Waals surface area contributed by atoms with Gasteiger partial charge in [-0.15, -0.1) is 0 Å². The number of benzene rings is 20. The van der Waals surface area contributed by atoms with Gasteiger partial charge in [-0.2, -0.15) is 0 Å². The number of fused-ring (bicyclic) bond motifs is 16. The third kappa shape index (κ3) is 14.5. The van der Waals surface area contributed by atoms with Crippen LogP contribution in [-0.4, -0.2) is 17.2 Å². The smallest absolute Gasteiger partial charge is 0.455 e. The number of halogens is 1. The minimum atomic E-state index is -1.34. The molecule has 0 saturated heterocycles. The largest absolute Gasteiger partial charge is 0.488 e. The monoisotopic (exact) mass is 1730 g/mol. The number of furan rings is 2. The summed E-state index contributed by atoms with van der Waals surface area (Å²) in [5, 5.41) is 26.7. The number of hydrogen-bond donors (Lipinski definition) is 2. The Morgan fingerprint density at radius 2 is 0.523 bits per heavy atom. The fourth-order valence-corrected chi connectivity index (χ4v) is 20.4. The summed E-state index contributed by atoms with van der Waals surface area (Å²) in [5.74, 6) is 0. The molecule has 0 radical (unpaired) electrons. The first-order chi connectivity index (χ1) is 63.7. The van der Waals surface area contributed by atoms with Crippen LogP contribution in [0, 0.1) is 0 Å². The van der Waals surface area contributed by atoms with Crippen molar-refractivity contribution in [1.82, 2.24) is 0 Å². The standard InChI is InChI=1S/C61H43NO.C55H38BrNO.C6H7BO2/c1-61(2)55-23-12-11-20-52(55)58-56(61)39-54(44-17-7-4-8-18-44)57-53-22-13-21-51(59(53)63-60(57)58)45-30-36-50(37-31-45)62(48-32-26-42(27-33-48)40-14-5-3-6-15-40)49-34-28-43(29-35-49)47-25-24-41-16-9-10-19-46(41)38-47;1-55(2)48-18-9-8-15-46(48)51-49(55)34-50(56)52-47-17-10-16-45(53(47)58-54(51)52)39-25-31-44(32-26-39)57(42-27-21-37(22-28-42)35-11-4-3-5-12-35)43-29-23-38(24-30-43)41-20-19-36-13-6-7-14-40(36)33-41;8-7(9)6-4-2-1-3-5-6/h3-39H,1-2H3;3-34H,1-2H3;1-5,8-9H.